The SMILES string of the molecule is CC(C)CCc1noc(CN(CC(C)O)C(C)C)n1. The first-order valence-corrected chi connectivity index (χ1v) is 7.12. The van der Waals surface area contributed by atoms with Crippen LogP contribution in [-0.2, 0) is 13.0 Å². The Labute approximate surface area is 116 Å². The molecule has 1 rings (SSSR count). The van der Waals surface area contributed by atoms with Gasteiger partial charge < -0.3 is 9.63 Å². The van der Waals surface area contributed by atoms with Crippen molar-refractivity contribution in [2.75, 3.05) is 6.54 Å². The number of aryl methyl sites for hydroxylation is 1. The maximum absolute atomic E-state index is 9.49. The molecule has 110 valence electrons. The van der Waals surface area contributed by atoms with Gasteiger partial charge in [0, 0.05) is 19.0 Å². The minimum Gasteiger partial charge on any atom is -0.392 e. The van der Waals surface area contributed by atoms with E-state index in [0.29, 0.717) is 30.9 Å². The van der Waals surface area contributed by atoms with E-state index in [2.05, 4.69) is 42.7 Å². The Hall–Kier alpha value is -0.940. The van der Waals surface area contributed by atoms with Gasteiger partial charge in [0.15, 0.2) is 5.82 Å². The summed E-state index contributed by atoms with van der Waals surface area (Å²) in [5.41, 5.74) is 0. The van der Waals surface area contributed by atoms with Crippen LogP contribution in [0.2, 0.25) is 0 Å². The Bertz CT molecular complexity index is 361. The molecule has 1 N–H and O–H groups in total. The third-order valence-electron chi connectivity index (χ3n) is 3.02. The summed E-state index contributed by atoms with van der Waals surface area (Å²) in [7, 11) is 0. The Morgan fingerprint density at radius 2 is 1.89 bits per heavy atom. The number of rotatable bonds is 8. The molecule has 1 atom stereocenters. The number of aliphatic hydroxyl groups excluding tert-OH is 1. The molecule has 5 heteroatoms. The van der Waals surface area contributed by atoms with Gasteiger partial charge in [0.05, 0.1) is 12.6 Å². The zero-order chi connectivity index (χ0) is 14.4. The normalized spacial score (nSPS) is 13.7. The van der Waals surface area contributed by atoms with Gasteiger partial charge in [-0.3, -0.25) is 4.90 Å². The van der Waals surface area contributed by atoms with Crippen molar-refractivity contribution < 1.29 is 9.63 Å². The Morgan fingerprint density at radius 3 is 2.42 bits per heavy atom. The molecule has 1 aromatic heterocycles. The molecule has 0 aliphatic carbocycles. The van der Waals surface area contributed by atoms with E-state index in [4.69, 9.17) is 4.52 Å². The van der Waals surface area contributed by atoms with Crippen molar-refractivity contribution in [1.82, 2.24) is 15.0 Å². The second-order valence-electron chi connectivity index (χ2n) is 5.91. The van der Waals surface area contributed by atoms with E-state index in [1.54, 1.807) is 6.92 Å². The number of hydrogen-bond acceptors (Lipinski definition) is 5. The van der Waals surface area contributed by atoms with E-state index in [9.17, 15) is 5.11 Å². The Kier molecular flexibility index (Phi) is 6.45. The van der Waals surface area contributed by atoms with Gasteiger partial charge in [0.25, 0.3) is 0 Å². The molecule has 1 heterocycles. The highest BCUT2D eigenvalue weighted by molar-refractivity contribution is 4.87. The highest BCUT2D eigenvalue weighted by Gasteiger charge is 2.16. The lowest BCUT2D eigenvalue weighted by molar-refractivity contribution is 0.0943. The Balaban J connectivity index is 2.55. The van der Waals surface area contributed by atoms with E-state index in [0.717, 1.165) is 18.7 Å². The second-order valence-corrected chi connectivity index (χ2v) is 5.91. The molecule has 0 saturated heterocycles. The van der Waals surface area contributed by atoms with Crippen LogP contribution in [0.25, 0.3) is 0 Å². The van der Waals surface area contributed by atoms with Crippen LogP contribution in [0.3, 0.4) is 0 Å². The number of hydrogen-bond donors (Lipinski definition) is 1. The average Bonchev–Trinajstić information content (AvgIpc) is 2.72. The maximum Gasteiger partial charge on any atom is 0.240 e. The standard InChI is InChI=1S/C14H27N3O2/c1-10(2)6-7-13-15-14(19-16-13)9-17(11(3)4)8-12(5)18/h10-12,18H,6-9H2,1-5H3. The summed E-state index contributed by atoms with van der Waals surface area (Å²) in [6, 6.07) is 0.334. The minimum atomic E-state index is -0.356. The van der Waals surface area contributed by atoms with Crippen molar-refractivity contribution in [3.05, 3.63) is 11.7 Å². The molecule has 1 aromatic rings. The molecular formula is C14H27N3O2. The lowest BCUT2D eigenvalue weighted by Gasteiger charge is -2.25. The third-order valence-corrected chi connectivity index (χ3v) is 3.02. The van der Waals surface area contributed by atoms with E-state index < -0.39 is 0 Å². The predicted molar refractivity (Wildman–Crippen MR) is 74.7 cm³/mol. The van der Waals surface area contributed by atoms with Crippen molar-refractivity contribution in [3.8, 4) is 0 Å². The van der Waals surface area contributed by atoms with E-state index in [1.165, 1.54) is 0 Å². The lowest BCUT2D eigenvalue weighted by Crippen LogP contribution is -2.36. The number of aliphatic hydroxyl groups is 1. The number of nitrogens with zero attached hydrogens (tertiary/aromatic N) is 3. The van der Waals surface area contributed by atoms with Crippen LogP contribution < -0.4 is 0 Å². The minimum absolute atomic E-state index is 0.334. The van der Waals surface area contributed by atoms with Crippen LogP contribution in [0.1, 0.15) is 52.8 Å². The fraction of sp³-hybridized carbons (Fsp3) is 0.857. The van der Waals surface area contributed by atoms with Gasteiger partial charge in [-0.1, -0.05) is 19.0 Å². The molecule has 0 bridgehead atoms. The zero-order valence-electron chi connectivity index (χ0n) is 12.8. The molecule has 0 aliphatic rings. The Morgan fingerprint density at radius 1 is 1.21 bits per heavy atom. The van der Waals surface area contributed by atoms with Gasteiger partial charge in [-0.2, -0.15) is 4.98 Å². The molecule has 0 amide bonds. The fourth-order valence-electron chi connectivity index (χ4n) is 1.84. The summed E-state index contributed by atoms with van der Waals surface area (Å²) in [5, 5.41) is 13.5. The molecule has 0 spiro atoms. The molecule has 5 nitrogen and oxygen atoms in total. The van der Waals surface area contributed by atoms with Gasteiger partial charge in [0.2, 0.25) is 5.89 Å². The van der Waals surface area contributed by atoms with Crippen molar-refractivity contribution in [2.45, 2.75) is 66.2 Å². The molecule has 0 aliphatic heterocycles. The third kappa shape index (κ3) is 6.16. The van der Waals surface area contributed by atoms with Crippen LogP contribution in [0.4, 0.5) is 0 Å². The molecule has 0 aromatic carbocycles. The summed E-state index contributed by atoms with van der Waals surface area (Å²) in [6.07, 6.45) is 1.57. The van der Waals surface area contributed by atoms with Crippen LogP contribution in [-0.4, -0.2) is 38.8 Å². The van der Waals surface area contributed by atoms with Gasteiger partial charge >= 0.3 is 0 Å². The van der Waals surface area contributed by atoms with Crippen LogP contribution in [0.5, 0.6) is 0 Å². The van der Waals surface area contributed by atoms with Crippen molar-refractivity contribution in [3.63, 3.8) is 0 Å². The topological polar surface area (TPSA) is 62.4 Å². The van der Waals surface area contributed by atoms with Crippen LogP contribution in [0, 0.1) is 5.92 Å². The molecule has 0 fully saturated rings. The predicted octanol–water partition coefficient (Wildman–Crippen LogP) is 2.25. The second kappa shape index (κ2) is 7.60. The fourth-order valence-corrected chi connectivity index (χ4v) is 1.84. The molecule has 0 radical (unpaired) electrons. The lowest BCUT2D eigenvalue weighted by atomic mass is 10.1. The number of aromatic nitrogens is 2. The van der Waals surface area contributed by atoms with Gasteiger partial charge in [-0.15, -0.1) is 0 Å². The quantitative estimate of drug-likeness (QED) is 0.784. The summed E-state index contributed by atoms with van der Waals surface area (Å²) < 4.78 is 5.27. The van der Waals surface area contributed by atoms with Gasteiger partial charge in [-0.05, 0) is 33.1 Å². The summed E-state index contributed by atoms with van der Waals surface area (Å²) in [4.78, 5) is 6.54. The molecular weight excluding hydrogens is 242 g/mol. The summed E-state index contributed by atoms with van der Waals surface area (Å²) in [5.74, 6) is 2.06. The van der Waals surface area contributed by atoms with E-state index >= 15 is 0 Å². The van der Waals surface area contributed by atoms with Gasteiger partial charge in [0.1, 0.15) is 0 Å². The van der Waals surface area contributed by atoms with E-state index in [1.807, 2.05) is 0 Å². The molecule has 0 saturated carbocycles. The summed E-state index contributed by atoms with van der Waals surface area (Å²) >= 11 is 0. The van der Waals surface area contributed by atoms with Crippen LogP contribution in [0.15, 0.2) is 4.52 Å². The van der Waals surface area contributed by atoms with E-state index in [-0.39, 0.29) is 6.10 Å². The monoisotopic (exact) mass is 269 g/mol. The van der Waals surface area contributed by atoms with Crippen molar-refractivity contribution >= 4 is 0 Å². The van der Waals surface area contributed by atoms with Gasteiger partial charge in [-0.25, -0.2) is 0 Å². The first-order valence-electron chi connectivity index (χ1n) is 7.12. The summed E-state index contributed by atoms with van der Waals surface area (Å²) in [6.45, 7) is 11.6. The molecule has 1 unspecified atom stereocenters. The average molecular weight is 269 g/mol. The van der Waals surface area contributed by atoms with Crippen molar-refractivity contribution in [1.29, 1.82) is 0 Å². The molecule has 19 heavy (non-hydrogen) atoms. The highest BCUT2D eigenvalue weighted by Crippen LogP contribution is 2.10. The first-order chi connectivity index (χ1) is 8.88. The first kappa shape index (κ1) is 16.1. The van der Waals surface area contributed by atoms with Crippen LogP contribution >= 0.6 is 0 Å². The maximum atomic E-state index is 9.49. The highest BCUT2D eigenvalue weighted by atomic mass is 16.5. The van der Waals surface area contributed by atoms with Crippen molar-refractivity contribution in [2.24, 2.45) is 5.92 Å². The largest absolute Gasteiger partial charge is 0.392 e. The zero-order valence-corrected chi connectivity index (χ0v) is 12.8. The smallest absolute Gasteiger partial charge is 0.240 e.